The van der Waals surface area contributed by atoms with Gasteiger partial charge in [-0.3, -0.25) is 0 Å². The summed E-state index contributed by atoms with van der Waals surface area (Å²) in [5.41, 5.74) is 0.0131. The number of aromatic nitrogens is 2. The molecule has 0 saturated heterocycles. The third kappa shape index (κ3) is 7.40. The Morgan fingerprint density at radius 3 is 2.31 bits per heavy atom. The Morgan fingerprint density at radius 1 is 1.16 bits per heavy atom. The van der Waals surface area contributed by atoms with Gasteiger partial charge in [-0.25, -0.2) is 19.6 Å². The molecule has 0 aliphatic carbocycles. The molecule has 0 bridgehead atoms. The van der Waals surface area contributed by atoms with Crippen LogP contribution in [0.5, 0.6) is 0 Å². The summed E-state index contributed by atoms with van der Waals surface area (Å²) in [5, 5.41) is 14.6. The van der Waals surface area contributed by atoms with Gasteiger partial charge in [0.25, 0.3) is 0 Å². The van der Waals surface area contributed by atoms with E-state index in [0.717, 1.165) is 11.8 Å². The second kappa shape index (κ2) is 9.84. The zero-order valence-electron chi connectivity index (χ0n) is 18.0. The minimum Gasteiger partial charge on any atom is -0.480 e. The van der Waals surface area contributed by atoms with Gasteiger partial charge in [0, 0.05) is 24.2 Å². The highest BCUT2D eigenvalue weighted by Crippen LogP contribution is 2.29. The van der Waals surface area contributed by atoms with Crippen LogP contribution in [-0.4, -0.2) is 38.8 Å². The van der Waals surface area contributed by atoms with Crippen molar-refractivity contribution in [1.82, 2.24) is 15.3 Å². The predicted octanol–water partition coefficient (Wildman–Crippen LogP) is 4.19. The van der Waals surface area contributed by atoms with Crippen LogP contribution < -0.4 is 10.6 Å². The van der Waals surface area contributed by atoms with Gasteiger partial charge in [-0.2, -0.15) is 13.2 Å². The fourth-order valence-electron chi connectivity index (χ4n) is 2.72. The maximum Gasteiger partial charge on any atom is 0.451 e. The van der Waals surface area contributed by atoms with Crippen molar-refractivity contribution in [2.45, 2.75) is 58.0 Å². The molecule has 174 valence electrons. The molecule has 0 unspecified atom stereocenters. The molecule has 0 aliphatic heterocycles. The molecular formula is C21H25F3N4O4. The SMILES string of the molecule is C[C@H](Nc1nc(C(F)(F)F)ncc1C[C@@H](NC(=O)OC(C)(C)C)C(=O)O)c1ccccc1. The van der Waals surface area contributed by atoms with Crippen LogP contribution in [0.3, 0.4) is 0 Å². The lowest BCUT2D eigenvalue weighted by Gasteiger charge is -2.23. The highest BCUT2D eigenvalue weighted by atomic mass is 19.4. The first-order valence-electron chi connectivity index (χ1n) is 9.73. The molecule has 32 heavy (non-hydrogen) atoms. The quantitative estimate of drug-likeness (QED) is 0.575. The van der Waals surface area contributed by atoms with Gasteiger partial charge >= 0.3 is 18.2 Å². The Morgan fingerprint density at radius 2 is 1.78 bits per heavy atom. The van der Waals surface area contributed by atoms with Crippen LogP contribution in [0.15, 0.2) is 36.5 Å². The van der Waals surface area contributed by atoms with Crippen LogP contribution in [0.2, 0.25) is 0 Å². The van der Waals surface area contributed by atoms with Gasteiger partial charge in [0.15, 0.2) is 0 Å². The molecule has 2 aromatic rings. The summed E-state index contributed by atoms with van der Waals surface area (Å²) in [6.07, 6.45) is -5.21. The summed E-state index contributed by atoms with van der Waals surface area (Å²) in [6, 6.07) is 7.02. The molecule has 0 radical (unpaired) electrons. The number of rotatable bonds is 7. The Hall–Kier alpha value is -3.37. The van der Waals surface area contributed by atoms with E-state index < -0.39 is 41.7 Å². The summed E-state index contributed by atoms with van der Waals surface area (Å²) in [4.78, 5) is 30.6. The highest BCUT2D eigenvalue weighted by Gasteiger charge is 2.36. The number of hydrogen-bond donors (Lipinski definition) is 3. The zero-order chi connectivity index (χ0) is 24.1. The van der Waals surface area contributed by atoms with Crippen LogP contribution in [0.25, 0.3) is 0 Å². The Kier molecular flexibility index (Phi) is 7.65. The van der Waals surface area contributed by atoms with Gasteiger partial charge in [-0.15, -0.1) is 0 Å². The predicted molar refractivity (Wildman–Crippen MR) is 110 cm³/mol. The third-order valence-corrected chi connectivity index (χ3v) is 4.18. The van der Waals surface area contributed by atoms with Crippen molar-refractivity contribution >= 4 is 17.9 Å². The molecule has 1 heterocycles. The Balaban J connectivity index is 2.33. The zero-order valence-corrected chi connectivity index (χ0v) is 18.0. The third-order valence-electron chi connectivity index (χ3n) is 4.18. The molecule has 0 saturated carbocycles. The second-order valence-corrected chi connectivity index (χ2v) is 8.08. The number of ether oxygens (including phenoxy) is 1. The normalized spacial score (nSPS) is 13.7. The van der Waals surface area contributed by atoms with Crippen molar-refractivity contribution < 1.29 is 32.6 Å². The number of carboxylic acids is 1. The van der Waals surface area contributed by atoms with Crippen molar-refractivity contribution in [1.29, 1.82) is 0 Å². The molecule has 1 amide bonds. The van der Waals surface area contributed by atoms with Gasteiger partial charge in [-0.05, 0) is 33.3 Å². The number of alkyl halides is 3. The molecule has 1 aromatic heterocycles. The molecule has 0 aliphatic rings. The average Bonchev–Trinajstić information content (AvgIpc) is 2.67. The van der Waals surface area contributed by atoms with Crippen LogP contribution in [0.4, 0.5) is 23.8 Å². The lowest BCUT2D eigenvalue weighted by molar-refractivity contribution is -0.145. The van der Waals surface area contributed by atoms with Crippen LogP contribution >= 0.6 is 0 Å². The van der Waals surface area contributed by atoms with E-state index in [4.69, 9.17) is 4.74 Å². The number of carboxylic acid groups (broad SMARTS) is 1. The molecular weight excluding hydrogens is 429 g/mol. The van der Waals surface area contributed by atoms with Gasteiger partial charge in [0.1, 0.15) is 17.5 Å². The number of nitrogens with one attached hydrogen (secondary N) is 2. The van der Waals surface area contributed by atoms with Crippen LogP contribution in [0, 0.1) is 0 Å². The van der Waals surface area contributed by atoms with Gasteiger partial charge in [-0.1, -0.05) is 30.3 Å². The number of carbonyl (C=O) groups excluding carboxylic acids is 1. The van der Waals surface area contributed by atoms with E-state index in [9.17, 15) is 27.9 Å². The standard InChI is InChI=1S/C21H25F3N4O4/c1-12(13-8-6-5-7-9-13)26-16-14(11-25-18(28-16)21(22,23)24)10-15(17(29)30)27-19(31)32-20(2,3)4/h5-9,11-12,15H,10H2,1-4H3,(H,27,31)(H,29,30)(H,25,26,28)/t12-,15+/m0/s1. The van der Waals surface area contributed by atoms with E-state index in [-0.39, 0.29) is 17.8 Å². The smallest absolute Gasteiger partial charge is 0.451 e. The average molecular weight is 454 g/mol. The number of nitrogens with zero attached hydrogens (tertiary/aromatic N) is 2. The minimum atomic E-state index is -4.79. The number of aliphatic carboxylic acids is 1. The van der Waals surface area contributed by atoms with E-state index in [1.54, 1.807) is 58.0 Å². The number of alkyl carbamates (subject to hydrolysis) is 1. The summed E-state index contributed by atoms with van der Waals surface area (Å²) in [5.74, 6) is -2.94. The number of hydrogen-bond acceptors (Lipinski definition) is 6. The van der Waals surface area contributed by atoms with Crippen molar-refractivity contribution in [3.05, 3.63) is 53.5 Å². The number of amides is 1. The molecule has 2 rings (SSSR count). The number of anilines is 1. The number of carbonyl (C=O) groups is 2. The molecule has 0 fully saturated rings. The Labute approximate surface area is 183 Å². The largest absolute Gasteiger partial charge is 0.480 e. The molecule has 3 N–H and O–H groups in total. The molecule has 11 heteroatoms. The fraction of sp³-hybridized carbons (Fsp3) is 0.429. The first-order chi connectivity index (χ1) is 14.8. The van der Waals surface area contributed by atoms with Gasteiger partial charge < -0.3 is 20.5 Å². The summed E-state index contributed by atoms with van der Waals surface area (Å²) in [7, 11) is 0. The molecule has 0 spiro atoms. The number of halogens is 3. The molecule has 8 nitrogen and oxygen atoms in total. The molecule has 1 aromatic carbocycles. The Bertz CT molecular complexity index is 946. The lowest BCUT2D eigenvalue weighted by Crippen LogP contribution is -2.44. The van der Waals surface area contributed by atoms with Crippen molar-refractivity contribution in [3.8, 4) is 0 Å². The monoisotopic (exact) mass is 454 g/mol. The first kappa shape index (κ1) is 24.9. The van der Waals surface area contributed by atoms with Crippen molar-refractivity contribution in [2.24, 2.45) is 0 Å². The lowest BCUT2D eigenvalue weighted by atomic mass is 10.1. The maximum atomic E-state index is 13.2. The topological polar surface area (TPSA) is 113 Å². The van der Waals surface area contributed by atoms with Crippen LogP contribution in [-0.2, 0) is 22.1 Å². The summed E-state index contributed by atoms with van der Waals surface area (Å²) < 4.78 is 44.5. The van der Waals surface area contributed by atoms with E-state index in [1.165, 1.54) is 0 Å². The second-order valence-electron chi connectivity index (χ2n) is 8.08. The van der Waals surface area contributed by atoms with Crippen molar-refractivity contribution in [3.63, 3.8) is 0 Å². The van der Waals surface area contributed by atoms with E-state index in [1.807, 2.05) is 0 Å². The van der Waals surface area contributed by atoms with E-state index in [0.29, 0.717) is 0 Å². The van der Waals surface area contributed by atoms with E-state index in [2.05, 4.69) is 20.6 Å². The fourth-order valence-corrected chi connectivity index (χ4v) is 2.72. The summed E-state index contributed by atoms with van der Waals surface area (Å²) >= 11 is 0. The molecule has 2 atom stereocenters. The van der Waals surface area contributed by atoms with Crippen molar-refractivity contribution in [2.75, 3.05) is 5.32 Å². The summed E-state index contributed by atoms with van der Waals surface area (Å²) in [6.45, 7) is 6.55. The number of benzene rings is 1. The maximum absolute atomic E-state index is 13.2. The van der Waals surface area contributed by atoms with Gasteiger partial charge in [0.05, 0.1) is 0 Å². The first-order valence-corrected chi connectivity index (χ1v) is 9.73. The van der Waals surface area contributed by atoms with E-state index >= 15 is 0 Å². The van der Waals surface area contributed by atoms with Gasteiger partial charge in [0.2, 0.25) is 5.82 Å². The van der Waals surface area contributed by atoms with Crippen LogP contribution in [0.1, 0.15) is 50.7 Å². The highest BCUT2D eigenvalue weighted by molar-refractivity contribution is 5.80. The minimum absolute atomic E-state index is 0.0873.